The molecule has 0 spiro atoms. The molecule has 1 fully saturated rings. The molecule has 0 saturated carbocycles. The standard InChI is InChI=1S/C9H10BFO2/c11-9-4-1-3-8(7-9)10-12-5-2-6-13-10/h1,3-4,7H,2,5-6H2. The Hall–Kier alpha value is -0.865. The molecular formula is C9H10BFO2. The van der Waals surface area contributed by atoms with Crippen LogP contribution in [-0.2, 0) is 9.31 Å². The minimum Gasteiger partial charge on any atom is -0.407 e. The normalized spacial score (nSPS) is 17.5. The van der Waals surface area contributed by atoms with E-state index in [1.807, 2.05) is 0 Å². The molecule has 2 nitrogen and oxygen atoms in total. The molecule has 1 aliphatic rings. The smallest absolute Gasteiger partial charge is 0.407 e. The zero-order valence-electron chi connectivity index (χ0n) is 7.20. The highest BCUT2D eigenvalue weighted by molar-refractivity contribution is 6.61. The number of halogens is 1. The second-order valence-corrected chi connectivity index (χ2v) is 2.98. The van der Waals surface area contributed by atoms with Crippen LogP contribution in [-0.4, -0.2) is 20.3 Å². The number of rotatable bonds is 1. The van der Waals surface area contributed by atoms with Crippen LogP contribution in [0.25, 0.3) is 0 Å². The summed E-state index contributed by atoms with van der Waals surface area (Å²) in [6.45, 7) is 1.36. The van der Waals surface area contributed by atoms with Crippen LogP contribution in [0.5, 0.6) is 0 Å². The highest BCUT2D eigenvalue weighted by Crippen LogP contribution is 2.02. The Balaban J connectivity index is 2.14. The fourth-order valence-corrected chi connectivity index (χ4v) is 1.33. The van der Waals surface area contributed by atoms with Gasteiger partial charge in [-0.25, -0.2) is 4.39 Å². The van der Waals surface area contributed by atoms with Crippen LogP contribution in [0.2, 0.25) is 0 Å². The van der Waals surface area contributed by atoms with Gasteiger partial charge >= 0.3 is 7.12 Å². The van der Waals surface area contributed by atoms with E-state index in [1.165, 1.54) is 12.1 Å². The average Bonchev–Trinajstić information content (AvgIpc) is 2.19. The Bertz CT molecular complexity index is 287. The van der Waals surface area contributed by atoms with E-state index in [0.29, 0.717) is 13.2 Å². The van der Waals surface area contributed by atoms with Crippen molar-refractivity contribution in [3.63, 3.8) is 0 Å². The van der Waals surface area contributed by atoms with E-state index in [4.69, 9.17) is 9.31 Å². The van der Waals surface area contributed by atoms with Gasteiger partial charge in [-0.2, -0.15) is 0 Å². The van der Waals surface area contributed by atoms with E-state index in [0.717, 1.165) is 11.9 Å². The first-order valence-corrected chi connectivity index (χ1v) is 4.35. The van der Waals surface area contributed by atoms with Crippen LogP contribution in [0.15, 0.2) is 24.3 Å². The summed E-state index contributed by atoms with van der Waals surface area (Å²) < 4.78 is 23.5. The van der Waals surface area contributed by atoms with Gasteiger partial charge < -0.3 is 9.31 Å². The summed E-state index contributed by atoms with van der Waals surface area (Å²) in [6, 6.07) is 6.31. The van der Waals surface area contributed by atoms with Crippen molar-refractivity contribution in [2.24, 2.45) is 0 Å². The first-order chi connectivity index (χ1) is 6.36. The number of hydrogen-bond acceptors (Lipinski definition) is 2. The highest BCUT2D eigenvalue weighted by Gasteiger charge is 2.24. The molecule has 2 rings (SSSR count). The van der Waals surface area contributed by atoms with Crippen LogP contribution in [0, 0.1) is 5.82 Å². The fourth-order valence-electron chi connectivity index (χ4n) is 1.33. The Morgan fingerprint density at radius 2 is 2.00 bits per heavy atom. The van der Waals surface area contributed by atoms with Crippen molar-refractivity contribution in [2.75, 3.05) is 13.2 Å². The third-order valence-electron chi connectivity index (χ3n) is 1.95. The number of benzene rings is 1. The van der Waals surface area contributed by atoms with Crippen molar-refractivity contribution in [3.8, 4) is 0 Å². The van der Waals surface area contributed by atoms with Crippen LogP contribution in [0.3, 0.4) is 0 Å². The van der Waals surface area contributed by atoms with Crippen molar-refractivity contribution < 1.29 is 13.7 Å². The molecule has 1 saturated heterocycles. The van der Waals surface area contributed by atoms with Gasteiger partial charge in [-0.15, -0.1) is 0 Å². The topological polar surface area (TPSA) is 18.5 Å². The molecule has 68 valence electrons. The molecule has 1 aromatic carbocycles. The molecule has 0 radical (unpaired) electrons. The molecule has 0 unspecified atom stereocenters. The lowest BCUT2D eigenvalue weighted by Crippen LogP contribution is -2.40. The predicted molar refractivity (Wildman–Crippen MR) is 48.3 cm³/mol. The summed E-state index contributed by atoms with van der Waals surface area (Å²) in [7, 11) is -0.385. The monoisotopic (exact) mass is 180 g/mol. The van der Waals surface area contributed by atoms with Crippen LogP contribution >= 0.6 is 0 Å². The minimum atomic E-state index is -0.385. The number of hydrogen-bond donors (Lipinski definition) is 0. The molecule has 0 bridgehead atoms. The second-order valence-electron chi connectivity index (χ2n) is 2.98. The summed E-state index contributed by atoms with van der Waals surface area (Å²) in [5.41, 5.74) is 0.750. The van der Waals surface area contributed by atoms with E-state index in [2.05, 4.69) is 0 Å². The SMILES string of the molecule is Fc1cccc(B2OCCCO2)c1. The summed E-state index contributed by atoms with van der Waals surface area (Å²) in [5, 5.41) is 0. The fraction of sp³-hybridized carbons (Fsp3) is 0.333. The third-order valence-corrected chi connectivity index (χ3v) is 1.95. The average molecular weight is 180 g/mol. The van der Waals surface area contributed by atoms with Gasteiger partial charge in [-0.3, -0.25) is 0 Å². The van der Waals surface area contributed by atoms with Gasteiger partial charge in [0.25, 0.3) is 0 Å². The lowest BCUT2D eigenvalue weighted by molar-refractivity contribution is 0.143. The molecule has 1 aromatic rings. The molecule has 0 aliphatic carbocycles. The van der Waals surface area contributed by atoms with Gasteiger partial charge in [0, 0.05) is 13.2 Å². The Morgan fingerprint density at radius 1 is 1.23 bits per heavy atom. The van der Waals surface area contributed by atoms with Crippen molar-refractivity contribution in [1.29, 1.82) is 0 Å². The molecule has 13 heavy (non-hydrogen) atoms. The van der Waals surface area contributed by atoms with E-state index in [-0.39, 0.29) is 12.9 Å². The predicted octanol–water partition coefficient (Wildman–Crippen LogP) is 0.958. The maximum Gasteiger partial charge on any atom is 0.493 e. The van der Waals surface area contributed by atoms with Crippen molar-refractivity contribution >= 4 is 12.6 Å². The molecule has 4 heteroatoms. The molecule has 0 N–H and O–H groups in total. The van der Waals surface area contributed by atoms with E-state index >= 15 is 0 Å². The van der Waals surface area contributed by atoms with Crippen molar-refractivity contribution in [2.45, 2.75) is 6.42 Å². The molecule has 0 atom stereocenters. The maximum absolute atomic E-state index is 12.8. The quantitative estimate of drug-likeness (QED) is 0.599. The maximum atomic E-state index is 12.8. The zero-order chi connectivity index (χ0) is 9.10. The largest absolute Gasteiger partial charge is 0.493 e. The third kappa shape index (κ3) is 2.08. The first kappa shape index (κ1) is 8.72. The summed E-state index contributed by atoms with van der Waals surface area (Å²) in [6.07, 6.45) is 0.909. The van der Waals surface area contributed by atoms with Gasteiger partial charge in [0.15, 0.2) is 0 Å². The van der Waals surface area contributed by atoms with Gasteiger partial charge in [-0.1, -0.05) is 12.1 Å². The lowest BCUT2D eigenvalue weighted by atomic mass is 9.78. The molecule has 0 aromatic heterocycles. The Labute approximate surface area is 76.8 Å². The minimum absolute atomic E-state index is 0.254. The lowest BCUT2D eigenvalue weighted by Gasteiger charge is -2.19. The van der Waals surface area contributed by atoms with E-state index in [1.54, 1.807) is 12.1 Å². The van der Waals surface area contributed by atoms with Gasteiger partial charge in [0.2, 0.25) is 0 Å². The molecule has 1 aliphatic heterocycles. The summed E-state index contributed by atoms with van der Waals surface area (Å²) in [5.74, 6) is -0.254. The first-order valence-electron chi connectivity index (χ1n) is 4.35. The Morgan fingerprint density at radius 3 is 2.69 bits per heavy atom. The van der Waals surface area contributed by atoms with Crippen LogP contribution < -0.4 is 5.46 Å². The molecule has 0 amide bonds. The van der Waals surface area contributed by atoms with Crippen molar-refractivity contribution in [1.82, 2.24) is 0 Å². The van der Waals surface area contributed by atoms with Gasteiger partial charge in [0.05, 0.1) is 0 Å². The highest BCUT2D eigenvalue weighted by atomic mass is 19.1. The van der Waals surface area contributed by atoms with E-state index in [9.17, 15) is 4.39 Å². The van der Waals surface area contributed by atoms with Crippen LogP contribution in [0.4, 0.5) is 4.39 Å². The van der Waals surface area contributed by atoms with Crippen molar-refractivity contribution in [3.05, 3.63) is 30.1 Å². The van der Waals surface area contributed by atoms with Gasteiger partial charge in [0.1, 0.15) is 5.82 Å². The van der Waals surface area contributed by atoms with Gasteiger partial charge in [-0.05, 0) is 24.0 Å². The Kier molecular flexibility index (Phi) is 2.61. The van der Waals surface area contributed by atoms with Crippen LogP contribution in [0.1, 0.15) is 6.42 Å². The summed E-state index contributed by atoms with van der Waals surface area (Å²) >= 11 is 0. The summed E-state index contributed by atoms with van der Waals surface area (Å²) in [4.78, 5) is 0. The second kappa shape index (κ2) is 3.90. The molecular weight excluding hydrogens is 170 g/mol. The zero-order valence-corrected chi connectivity index (χ0v) is 7.20. The molecule has 1 heterocycles. The van der Waals surface area contributed by atoms with E-state index < -0.39 is 0 Å².